The minimum Gasteiger partial charge on any atom is -0.480 e. The van der Waals surface area contributed by atoms with Crippen molar-refractivity contribution in [3.05, 3.63) is 71.8 Å². The predicted octanol–water partition coefficient (Wildman–Crippen LogP) is 1.63. The molecule has 2 atom stereocenters. The second-order valence-electron chi connectivity index (χ2n) is 7.73. The van der Waals surface area contributed by atoms with Gasteiger partial charge in [0, 0.05) is 0 Å². The van der Waals surface area contributed by atoms with Crippen LogP contribution in [0.15, 0.2) is 60.7 Å². The fraction of sp³-hybridized carbons (Fsp3) is 0.400. The van der Waals surface area contributed by atoms with Crippen LogP contribution in [-0.2, 0) is 20.8 Å². The summed E-state index contributed by atoms with van der Waals surface area (Å²) in [5, 5.41) is 17.0. The summed E-state index contributed by atoms with van der Waals surface area (Å²) in [7, 11) is 1.82. The van der Waals surface area contributed by atoms with Crippen molar-refractivity contribution in [1.82, 2.24) is 16.0 Å². The van der Waals surface area contributed by atoms with E-state index in [1.54, 1.807) is 0 Å². The Balaban J connectivity index is 0.000000657. The molecule has 33 heavy (non-hydrogen) atoms. The molecule has 8 heteroatoms. The highest BCUT2D eigenvalue weighted by molar-refractivity contribution is 5.89. The van der Waals surface area contributed by atoms with E-state index in [-0.39, 0.29) is 6.54 Å². The van der Waals surface area contributed by atoms with Gasteiger partial charge in [0.15, 0.2) is 0 Å². The molecular formula is C25H36N4O4. The third-order valence-electron chi connectivity index (χ3n) is 4.80. The molecule has 0 aliphatic carbocycles. The van der Waals surface area contributed by atoms with Crippen molar-refractivity contribution in [1.29, 1.82) is 0 Å². The first kappa shape index (κ1) is 27.8. The van der Waals surface area contributed by atoms with Crippen LogP contribution in [0.25, 0.3) is 0 Å². The fourth-order valence-corrected chi connectivity index (χ4v) is 2.95. The Morgan fingerprint density at radius 2 is 1.58 bits per heavy atom. The van der Waals surface area contributed by atoms with Gasteiger partial charge in [-0.2, -0.15) is 0 Å². The zero-order valence-electron chi connectivity index (χ0n) is 19.4. The number of aliphatic carboxylic acids is 1. The second-order valence-corrected chi connectivity index (χ2v) is 7.73. The van der Waals surface area contributed by atoms with E-state index in [0.29, 0.717) is 19.3 Å². The van der Waals surface area contributed by atoms with E-state index in [9.17, 15) is 19.5 Å². The summed E-state index contributed by atoms with van der Waals surface area (Å²) in [6.07, 6.45) is 2.19. The summed E-state index contributed by atoms with van der Waals surface area (Å²) in [6, 6.07) is 17.8. The Kier molecular flexibility index (Phi) is 13.8. The molecule has 0 saturated heterocycles. The largest absolute Gasteiger partial charge is 0.480 e. The van der Waals surface area contributed by atoms with Crippen LogP contribution in [-0.4, -0.2) is 55.1 Å². The Bertz CT molecular complexity index is 831. The standard InChI is InChI=1S/C18H28N4O4.C7H8/c1-20-10-6-5-9-15(18(25)26)22-16(23)12-21-17(24)14(19)11-13-7-3-2-4-8-13;1-7-5-3-2-4-6-7/h2-4,7-8,14-15,20H,5-6,9-12,19H2,1H3,(H,21,24)(H,22,23)(H,25,26);2-6H,1H3/t14-,15?;/m1./s1. The topological polar surface area (TPSA) is 134 Å². The van der Waals surface area contributed by atoms with Gasteiger partial charge in [-0.1, -0.05) is 66.2 Å². The number of carbonyl (C=O) groups excluding carboxylic acids is 2. The summed E-state index contributed by atoms with van der Waals surface area (Å²) < 4.78 is 0. The summed E-state index contributed by atoms with van der Waals surface area (Å²) in [5.41, 5.74) is 8.08. The summed E-state index contributed by atoms with van der Waals surface area (Å²) in [4.78, 5) is 35.1. The van der Waals surface area contributed by atoms with E-state index in [4.69, 9.17) is 5.73 Å². The van der Waals surface area contributed by atoms with Gasteiger partial charge in [0.25, 0.3) is 0 Å². The van der Waals surface area contributed by atoms with Gasteiger partial charge in [-0.15, -0.1) is 0 Å². The first-order valence-electron chi connectivity index (χ1n) is 11.1. The molecule has 0 spiro atoms. The van der Waals surface area contributed by atoms with Gasteiger partial charge in [0.05, 0.1) is 12.6 Å². The maximum Gasteiger partial charge on any atom is 0.326 e. The van der Waals surface area contributed by atoms with Crippen LogP contribution in [0.2, 0.25) is 0 Å². The van der Waals surface area contributed by atoms with Gasteiger partial charge in [-0.05, 0) is 51.8 Å². The number of carboxylic acids is 1. The molecule has 0 bridgehead atoms. The van der Waals surface area contributed by atoms with Crippen molar-refractivity contribution in [3.63, 3.8) is 0 Å². The lowest BCUT2D eigenvalue weighted by Gasteiger charge is -2.16. The molecule has 2 amide bonds. The number of hydrogen-bond acceptors (Lipinski definition) is 5. The van der Waals surface area contributed by atoms with Crippen LogP contribution in [0, 0.1) is 6.92 Å². The van der Waals surface area contributed by atoms with Gasteiger partial charge >= 0.3 is 5.97 Å². The molecule has 0 aliphatic rings. The highest BCUT2D eigenvalue weighted by Crippen LogP contribution is 2.02. The molecule has 1 unspecified atom stereocenters. The van der Waals surface area contributed by atoms with E-state index < -0.39 is 29.9 Å². The normalized spacial score (nSPS) is 12.0. The quantitative estimate of drug-likeness (QED) is 0.308. The van der Waals surface area contributed by atoms with Crippen LogP contribution in [0.1, 0.15) is 30.4 Å². The van der Waals surface area contributed by atoms with Crippen molar-refractivity contribution in [2.24, 2.45) is 5.73 Å². The van der Waals surface area contributed by atoms with Crippen molar-refractivity contribution < 1.29 is 19.5 Å². The number of carbonyl (C=O) groups is 3. The molecule has 6 N–H and O–H groups in total. The Morgan fingerprint density at radius 3 is 2.09 bits per heavy atom. The van der Waals surface area contributed by atoms with E-state index in [1.165, 1.54) is 5.56 Å². The lowest BCUT2D eigenvalue weighted by atomic mass is 10.1. The van der Waals surface area contributed by atoms with E-state index in [2.05, 4.69) is 35.0 Å². The molecule has 2 rings (SSSR count). The highest BCUT2D eigenvalue weighted by Gasteiger charge is 2.20. The fourth-order valence-electron chi connectivity index (χ4n) is 2.95. The Hall–Kier alpha value is -3.23. The van der Waals surface area contributed by atoms with Crippen molar-refractivity contribution in [2.75, 3.05) is 20.1 Å². The number of rotatable bonds is 12. The number of nitrogens with one attached hydrogen (secondary N) is 3. The molecule has 0 aliphatic heterocycles. The molecule has 8 nitrogen and oxygen atoms in total. The molecular weight excluding hydrogens is 420 g/mol. The molecule has 0 fully saturated rings. The number of carboxylic acid groups (broad SMARTS) is 1. The zero-order valence-corrected chi connectivity index (χ0v) is 19.4. The van der Waals surface area contributed by atoms with Crippen molar-refractivity contribution in [3.8, 4) is 0 Å². The van der Waals surface area contributed by atoms with Gasteiger partial charge in [-0.3, -0.25) is 9.59 Å². The first-order valence-corrected chi connectivity index (χ1v) is 11.1. The van der Waals surface area contributed by atoms with Crippen LogP contribution in [0.5, 0.6) is 0 Å². The van der Waals surface area contributed by atoms with E-state index in [1.807, 2.05) is 55.6 Å². The molecule has 0 radical (unpaired) electrons. The van der Waals surface area contributed by atoms with E-state index >= 15 is 0 Å². The third kappa shape index (κ3) is 13.0. The van der Waals surface area contributed by atoms with Gasteiger partial charge in [0.1, 0.15) is 6.04 Å². The minimum atomic E-state index is -1.09. The lowest BCUT2D eigenvalue weighted by molar-refractivity contribution is -0.142. The first-order chi connectivity index (χ1) is 15.8. The summed E-state index contributed by atoms with van der Waals surface area (Å²) in [5.74, 6) is -2.09. The average Bonchev–Trinajstić information content (AvgIpc) is 2.81. The Labute approximate surface area is 196 Å². The number of amides is 2. The lowest BCUT2D eigenvalue weighted by Crippen LogP contribution is -2.49. The van der Waals surface area contributed by atoms with Crippen molar-refractivity contribution >= 4 is 17.8 Å². The average molecular weight is 457 g/mol. The number of nitrogens with two attached hydrogens (primary N) is 1. The van der Waals surface area contributed by atoms with Crippen LogP contribution in [0.4, 0.5) is 0 Å². The van der Waals surface area contributed by atoms with Crippen LogP contribution >= 0.6 is 0 Å². The third-order valence-corrected chi connectivity index (χ3v) is 4.80. The van der Waals surface area contributed by atoms with Gasteiger partial charge < -0.3 is 26.8 Å². The minimum absolute atomic E-state index is 0.304. The molecule has 2 aromatic carbocycles. The maximum atomic E-state index is 12.0. The number of hydrogen-bond donors (Lipinski definition) is 5. The number of benzene rings is 2. The predicted molar refractivity (Wildman–Crippen MR) is 130 cm³/mol. The van der Waals surface area contributed by atoms with Crippen LogP contribution < -0.4 is 21.7 Å². The summed E-state index contributed by atoms with van der Waals surface area (Å²) >= 11 is 0. The molecule has 0 saturated carbocycles. The van der Waals surface area contributed by atoms with E-state index in [0.717, 1.165) is 18.5 Å². The number of aryl methyl sites for hydroxylation is 1. The SMILES string of the molecule is CNCCCCC(NC(=O)CNC(=O)[C@H](N)Cc1ccccc1)C(=O)O.Cc1ccccc1. The molecule has 2 aromatic rings. The van der Waals surface area contributed by atoms with Crippen LogP contribution in [0.3, 0.4) is 0 Å². The van der Waals surface area contributed by atoms with Crippen molar-refractivity contribution in [2.45, 2.75) is 44.7 Å². The Morgan fingerprint density at radius 1 is 0.970 bits per heavy atom. The molecule has 0 aromatic heterocycles. The molecule has 180 valence electrons. The summed E-state index contributed by atoms with van der Waals surface area (Å²) in [6.45, 7) is 2.57. The maximum absolute atomic E-state index is 12.0. The van der Waals surface area contributed by atoms with Gasteiger partial charge in [-0.25, -0.2) is 4.79 Å². The highest BCUT2D eigenvalue weighted by atomic mass is 16.4. The second kappa shape index (κ2) is 16.4. The zero-order chi connectivity index (χ0) is 24.5. The number of unbranched alkanes of at least 4 members (excludes halogenated alkanes) is 1. The molecule has 0 heterocycles. The monoisotopic (exact) mass is 456 g/mol. The van der Waals surface area contributed by atoms with Gasteiger partial charge in [0.2, 0.25) is 11.8 Å². The smallest absolute Gasteiger partial charge is 0.326 e.